The molecule has 25 heavy (non-hydrogen) atoms. The molecular weight excluding hydrogens is 318 g/mol. The summed E-state index contributed by atoms with van der Waals surface area (Å²) in [6, 6.07) is 3.70. The number of piperidine rings is 1. The molecule has 0 radical (unpaired) electrons. The van der Waals surface area contributed by atoms with Gasteiger partial charge in [0.05, 0.1) is 0 Å². The maximum absolute atomic E-state index is 12.4. The number of urea groups is 1. The van der Waals surface area contributed by atoms with Gasteiger partial charge in [-0.15, -0.1) is 0 Å². The van der Waals surface area contributed by atoms with E-state index in [1.54, 1.807) is 11.1 Å². The minimum Gasteiger partial charge on any atom is -0.385 e. The minimum atomic E-state index is -0.591. The Labute approximate surface area is 147 Å². The fourth-order valence-corrected chi connectivity index (χ4v) is 3.39. The number of nitrogens with zero attached hydrogens (tertiary/aromatic N) is 4. The van der Waals surface area contributed by atoms with Crippen LogP contribution in [0.1, 0.15) is 36.0 Å². The molecule has 2 aromatic heterocycles. The summed E-state index contributed by atoms with van der Waals surface area (Å²) in [4.78, 5) is 22.8. The van der Waals surface area contributed by atoms with Gasteiger partial charge in [-0.2, -0.15) is 0 Å². The van der Waals surface area contributed by atoms with Gasteiger partial charge in [-0.3, -0.25) is 5.32 Å². The number of hydrogen-bond donors (Lipinski definition) is 2. The summed E-state index contributed by atoms with van der Waals surface area (Å²) in [7, 11) is 1.88. The van der Waals surface area contributed by atoms with Crippen molar-refractivity contribution >= 4 is 11.8 Å². The third-order valence-corrected chi connectivity index (χ3v) is 4.73. The largest absolute Gasteiger partial charge is 0.385 e. The number of nitrogens with one attached hydrogen (secondary N) is 1. The lowest BCUT2D eigenvalue weighted by molar-refractivity contribution is 0.0599. The molecule has 0 aromatic carbocycles. The Kier molecular flexibility index (Phi) is 5.03. The molecule has 7 nitrogen and oxygen atoms in total. The average molecular weight is 343 g/mol. The van der Waals surface area contributed by atoms with Gasteiger partial charge in [0.2, 0.25) is 0 Å². The first kappa shape index (κ1) is 17.4. The van der Waals surface area contributed by atoms with E-state index in [4.69, 9.17) is 0 Å². The van der Waals surface area contributed by atoms with Crippen molar-refractivity contribution in [1.82, 2.24) is 19.4 Å². The molecule has 3 heterocycles. The highest BCUT2D eigenvalue weighted by Gasteiger charge is 2.30. The second-order valence-corrected chi connectivity index (χ2v) is 6.77. The third kappa shape index (κ3) is 3.99. The lowest BCUT2D eigenvalue weighted by atomic mass is 9.91. The van der Waals surface area contributed by atoms with Gasteiger partial charge in [0, 0.05) is 38.2 Å². The second kappa shape index (κ2) is 7.23. The molecule has 2 N–H and O–H groups in total. The molecule has 1 fully saturated rings. The molecule has 0 aliphatic carbocycles. The molecule has 1 atom stereocenters. The van der Waals surface area contributed by atoms with E-state index in [1.165, 1.54) is 0 Å². The van der Waals surface area contributed by atoms with Crippen LogP contribution < -0.4 is 5.32 Å². The molecule has 0 spiro atoms. The molecule has 134 valence electrons. The van der Waals surface area contributed by atoms with Crippen molar-refractivity contribution in [2.75, 3.05) is 18.4 Å². The number of pyridine rings is 1. The molecule has 0 bridgehead atoms. The lowest BCUT2D eigenvalue weighted by Crippen LogP contribution is -2.42. The fraction of sp³-hybridized carbons (Fsp3) is 0.500. The van der Waals surface area contributed by atoms with E-state index in [0.29, 0.717) is 24.7 Å². The van der Waals surface area contributed by atoms with Crippen molar-refractivity contribution in [2.45, 2.75) is 32.8 Å². The summed E-state index contributed by atoms with van der Waals surface area (Å²) in [5.74, 6) is 1.38. The van der Waals surface area contributed by atoms with Crippen LogP contribution in [0.4, 0.5) is 10.6 Å². The zero-order valence-corrected chi connectivity index (χ0v) is 14.9. The number of amides is 2. The van der Waals surface area contributed by atoms with E-state index < -0.39 is 6.10 Å². The number of imidazole rings is 1. The van der Waals surface area contributed by atoms with Gasteiger partial charge in [-0.1, -0.05) is 0 Å². The third-order valence-electron chi connectivity index (χ3n) is 4.73. The van der Waals surface area contributed by atoms with Crippen LogP contribution >= 0.6 is 0 Å². The van der Waals surface area contributed by atoms with E-state index >= 15 is 0 Å². The molecule has 0 saturated carbocycles. The number of carbonyl (C=O) groups excluding carboxylic acids is 1. The molecule has 1 aliphatic rings. The lowest BCUT2D eigenvalue weighted by Gasteiger charge is -2.33. The summed E-state index contributed by atoms with van der Waals surface area (Å²) in [6.45, 7) is 5.12. The number of likely N-dealkylation sites (tertiary alicyclic amines) is 1. The fourth-order valence-electron chi connectivity index (χ4n) is 3.39. The van der Waals surface area contributed by atoms with Gasteiger partial charge in [-0.05, 0) is 50.3 Å². The van der Waals surface area contributed by atoms with Crippen LogP contribution in [0.2, 0.25) is 0 Å². The zero-order valence-electron chi connectivity index (χ0n) is 14.9. The van der Waals surface area contributed by atoms with Crippen molar-refractivity contribution < 1.29 is 9.90 Å². The topological polar surface area (TPSA) is 83.3 Å². The average Bonchev–Trinajstić information content (AvgIpc) is 2.99. The van der Waals surface area contributed by atoms with Crippen LogP contribution in [-0.2, 0) is 7.05 Å². The number of aromatic nitrogens is 3. The SMILES string of the molecule is Cc1cc(C)nc(NC(=O)N2CCC([C@@H](O)c3nccn3C)CC2)c1. The standard InChI is InChI=1S/C18H25N5O2/c1-12-10-13(2)20-15(11-12)21-18(25)23-7-4-14(5-8-23)16(24)17-19-6-9-22(17)3/h6,9-11,14,16,24H,4-5,7-8H2,1-3H3,(H,20,21,25)/t16-/m1/s1. The van der Waals surface area contributed by atoms with Crippen LogP contribution in [0.3, 0.4) is 0 Å². The van der Waals surface area contributed by atoms with Gasteiger partial charge in [0.15, 0.2) is 0 Å². The smallest absolute Gasteiger partial charge is 0.323 e. The van der Waals surface area contributed by atoms with E-state index in [1.807, 2.05) is 43.8 Å². The number of anilines is 1. The Morgan fingerprint density at radius 1 is 1.32 bits per heavy atom. The Morgan fingerprint density at radius 2 is 2.04 bits per heavy atom. The molecular formula is C18H25N5O2. The monoisotopic (exact) mass is 343 g/mol. The minimum absolute atomic E-state index is 0.115. The van der Waals surface area contributed by atoms with Gasteiger partial charge in [0.25, 0.3) is 0 Å². The van der Waals surface area contributed by atoms with Crippen molar-refractivity contribution in [1.29, 1.82) is 0 Å². The summed E-state index contributed by atoms with van der Waals surface area (Å²) in [6.07, 6.45) is 4.44. The zero-order chi connectivity index (χ0) is 18.0. The molecule has 2 amide bonds. The number of hydrogen-bond acceptors (Lipinski definition) is 4. The Bertz CT molecular complexity index is 729. The first-order chi connectivity index (χ1) is 11.9. The highest BCUT2D eigenvalue weighted by molar-refractivity contribution is 5.88. The quantitative estimate of drug-likeness (QED) is 0.896. The molecule has 1 aliphatic heterocycles. The maximum atomic E-state index is 12.4. The first-order valence-electron chi connectivity index (χ1n) is 8.60. The molecule has 3 rings (SSSR count). The Balaban J connectivity index is 1.56. The van der Waals surface area contributed by atoms with Crippen molar-refractivity contribution in [3.8, 4) is 0 Å². The van der Waals surface area contributed by atoms with Gasteiger partial charge in [0.1, 0.15) is 17.7 Å². The van der Waals surface area contributed by atoms with Gasteiger partial charge >= 0.3 is 6.03 Å². The van der Waals surface area contributed by atoms with Crippen molar-refractivity contribution in [3.05, 3.63) is 41.6 Å². The summed E-state index contributed by atoms with van der Waals surface area (Å²) >= 11 is 0. The number of carbonyl (C=O) groups is 1. The highest BCUT2D eigenvalue weighted by atomic mass is 16.3. The number of rotatable bonds is 3. The van der Waals surface area contributed by atoms with Crippen LogP contribution in [0.25, 0.3) is 0 Å². The van der Waals surface area contributed by atoms with Crippen molar-refractivity contribution in [3.63, 3.8) is 0 Å². The molecule has 2 aromatic rings. The van der Waals surface area contributed by atoms with E-state index in [2.05, 4.69) is 15.3 Å². The number of aliphatic hydroxyl groups is 1. The van der Waals surface area contributed by atoms with E-state index in [9.17, 15) is 9.90 Å². The Hall–Kier alpha value is -2.41. The van der Waals surface area contributed by atoms with Gasteiger partial charge in [-0.25, -0.2) is 14.8 Å². The predicted molar refractivity (Wildman–Crippen MR) is 95.2 cm³/mol. The Morgan fingerprint density at radius 3 is 2.64 bits per heavy atom. The predicted octanol–water partition coefficient (Wildman–Crippen LogP) is 2.41. The molecule has 7 heteroatoms. The maximum Gasteiger partial charge on any atom is 0.323 e. The van der Waals surface area contributed by atoms with Gasteiger partial charge < -0.3 is 14.6 Å². The van der Waals surface area contributed by atoms with Crippen molar-refractivity contribution in [2.24, 2.45) is 13.0 Å². The van der Waals surface area contributed by atoms with Crippen LogP contribution in [0.5, 0.6) is 0 Å². The summed E-state index contributed by atoms with van der Waals surface area (Å²) < 4.78 is 1.84. The number of aryl methyl sites for hydroxylation is 3. The van der Waals surface area contributed by atoms with E-state index in [0.717, 1.165) is 24.1 Å². The van der Waals surface area contributed by atoms with Crippen LogP contribution in [-0.4, -0.2) is 43.7 Å². The highest BCUT2D eigenvalue weighted by Crippen LogP contribution is 2.29. The van der Waals surface area contributed by atoms with E-state index in [-0.39, 0.29) is 11.9 Å². The molecule has 1 saturated heterocycles. The summed E-state index contributed by atoms with van der Waals surface area (Å²) in [5, 5.41) is 13.4. The second-order valence-electron chi connectivity index (χ2n) is 6.77. The van der Waals surface area contributed by atoms with Crippen LogP contribution in [0, 0.1) is 19.8 Å². The first-order valence-corrected chi connectivity index (χ1v) is 8.60. The molecule has 0 unspecified atom stereocenters. The summed E-state index contributed by atoms with van der Waals surface area (Å²) in [5.41, 5.74) is 1.95. The normalized spacial score (nSPS) is 16.7. The van der Waals surface area contributed by atoms with Crippen LogP contribution in [0.15, 0.2) is 24.5 Å². The number of aliphatic hydroxyl groups excluding tert-OH is 1.